The fourth-order valence-electron chi connectivity index (χ4n) is 6.73. The average molecular weight is 560 g/mol. The summed E-state index contributed by atoms with van der Waals surface area (Å²) < 4.78 is 11.2. The molecule has 4 aliphatic carbocycles. The highest BCUT2D eigenvalue weighted by Crippen LogP contribution is 2.58. The van der Waals surface area contributed by atoms with Crippen molar-refractivity contribution in [1.29, 1.82) is 0 Å². The summed E-state index contributed by atoms with van der Waals surface area (Å²) in [5, 5.41) is 14.3. The zero-order chi connectivity index (χ0) is 28.8. The van der Waals surface area contributed by atoms with Gasteiger partial charge in [0.25, 0.3) is 0 Å². The van der Waals surface area contributed by atoms with Crippen molar-refractivity contribution in [3.05, 3.63) is 48.4 Å². The van der Waals surface area contributed by atoms with Crippen LogP contribution in [-0.4, -0.2) is 50.4 Å². The molecule has 0 saturated heterocycles. The molecular formula is C32H41N5O4. The van der Waals surface area contributed by atoms with Crippen LogP contribution in [0.15, 0.2) is 41.2 Å². The molecule has 41 heavy (non-hydrogen) atoms. The van der Waals surface area contributed by atoms with Crippen LogP contribution in [0, 0.1) is 11.3 Å². The van der Waals surface area contributed by atoms with Crippen molar-refractivity contribution in [3.63, 3.8) is 0 Å². The average Bonchev–Trinajstić information content (AvgIpc) is 3.48. The van der Waals surface area contributed by atoms with E-state index in [1.165, 1.54) is 0 Å². The second kappa shape index (κ2) is 10.5. The summed E-state index contributed by atoms with van der Waals surface area (Å²) in [5.74, 6) is 1.53. The van der Waals surface area contributed by atoms with Gasteiger partial charge in [0, 0.05) is 46.9 Å². The van der Waals surface area contributed by atoms with Gasteiger partial charge in [-0.15, -0.1) is 0 Å². The van der Waals surface area contributed by atoms with E-state index in [0.29, 0.717) is 32.0 Å². The van der Waals surface area contributed by atoms with Crippen molar-refractivity contribution >= 4 is 11.6 Å². The zero-order valence-electron chi connectivity index (χ0n) is 24.6. The Morgan fingerprint density at radius 1 is 1.07 bits per heavy atom. The molecule has 0 aliphatic heterocycles. The van der Waals surface area contributed by atoms with Gasteiger partial charge in [0.1, 0.15) is 0 Å². The van der Waals surface area contributed by atoms with E-state index in [4.69, 9.17) is 14.2 Å². The SMILES string of the molecule is CCOc1ncc(-c2cccc(N(CC34CCC(c5nc(C(C)(C)C)no5)(CC3)CC4)C(=O)C3CC(O)C3)c2)cn1. The number of hydrogen-bond donors (Lipinski definition) is 1. The van der Waals surface area contributed by atoms with Gasteiger partial charge in [-0.05, 0) is 81.4 Å². The van der Waals surface area contributed by atoms with E-state index < -0.39 is 0 Å². The summed E-state index contributed by atoms with van der Waals surface area (Å²) in [5.41, 5.74) is 2.55. The summed E-state index contributed by atoms with van der Waals surface area (Å²) in [7, 11) is 0. The van der Waals surface area contributed by atoms with Crippen LogP contribution in [0.1, 0.15) is 90.8 Å². The fourth-order valence-corrected chi connectivity index (χ4v) is 6.73. The number of amides is 1. The predicted octanol–water partition coefficient (Wildman–Crippen LogP) is 5.62. The highest BCUT2D eigenvalue weighted by molar-refractivity contribution is 5.96. The maximum atomic E-state index is 13.9. The first-order valence-electron chi connectivity index (χ1n) is 15.0. The van der Waals surface area contributed by atoms with Crippen LogP contribution in [0.5, 0.6) is 6.01 Å². The minimum atomic E-state index is -0.381. The van der Waals surface area contributed by atoms with Gasteiger partial charge in [0.05, 0.1) is 12.7 Å². The molecular weight excluding hydrogens is 518 g/mol. The van der Waals surface area contributed by atoms with E-state index in [0.717, 1.165) is 67.1 Å². The van der Waals surface area contributed by atoms with Crippen LogP contribution in [0.2, 0.25) is 0 Å². The normalized spacial score (nSPS) is 27.3. The molecule has 1 aromatic carbocycles. The number of aliphatic hydroxyl groups excluding tert-OH is 1. The first-order valence-corrected chi connectivity index (χ1v) is 15.0. The van der Waals surface area contributed by atoms with Crippen LogP contribution in [0.25, 0.3) is 11.1 Å². The standard InChI is InChI=1S/C32H41N5O4/c1-5-40-29-33-18-23(19-34-29)21-7-6-8-24(15-21)37(26(39)22-16-25(38)17-22)20-31-9-12-32(13-10-31,14-11-31)28-35-27(36-41-28)30(2,3)4/h6-8,15,18-19,22,25,38H,5,9-14,16-17,20H2,1-4H3. The fraction of sp³-hybridized carbons (Fsp3) is 0.594. The minimum Gasteiger partial charge on any atom is -0.464 e. The molecule has 0 atom stereocenters. The van der Waals surface area contributed by atoms with Crippen molar-refractivity contribution < 1.29 is 19.2 Å². The number of carbonyl (C=O) groups is 1. The van der Waals surface area contributed by atoms with Crippen LogP contribution in [0.3, 0.4) is 0 Å². The first kappa shape index (κ1) is 27.8. The largest absolute Gasteiger partial charge is 0.464 e. The van der Waals surface area contributed by atoms with Gasteiger partial charge in [-0.3, -0.25) is 4.79 Å². The molecule has 2 heterocycles. The second-order valence-electron chi connectivity index (χ2n) is 13.4. The Hall–Kier alpha value is -3.33. The maximum Gasteiger partial charge on any atom is 0.316 e. The number of nitrogens with zero attached hydrogens (tertiary/aromatic N) is 5. The van der Waals surface area contributed by atoms with Crippen LogP contribution >= 0.6 is 0 Å². The van der Waals surface area contributed by atoms with Crippen molar-refractivity contribution in [1.82, 2.24) is 20.1 Å². The lowest BCUT2D eigenvalue weighted by molar-refractivity contribution is -0.129. The topological polar surface area (TPSA) is 114 Å². The van der Waals surface area contributed by atoms with Crippen molar-refractivity contribution in [2.75, 3.05) is 18.1 Å². The van der Waals surface area contributed by atoms with Gasteiger partial charge in [-0.2, -0.15) is 4.98 Å². The lowest BCUT2D eigenvalue weighted by Crippen LogP contribution is -2.53. The van der Waals surface area contributed by atoms with Gasteiger partial charge in [0.15, 0.2) is 5.82 Å². The molecule has 9 heteroatoms. The van der Waals surface area contributed by atoms with E-state index in [1.807, 2.05) is 30.0 Å². The highest BCUT2D eigenvalue weighted by atomic mass is 16.5. The number of rotatable bonds is 8. The Morgan fingerprint density at radius 2 is 1.76 bits per heavy atom. The molecule has 7 rings (SSSR count). The maximum absolute atomic E-state index is 13.9. The first-order chi connectivity index (χ1) is 19.6. The molecule has 0 spiro atoms. The highest BCUT2D eigenvalue weighted by Gasteiger charge is 2.53. The number of fused-ring (bicyclic) bond motifs is 3. The Morgan fingerprint density at radius 3 is 2.34 bits per heavy atom. The number of anilines is 1. The van der Waals surface area contributed by atoms with Crippen molar-refractivity contribution in [2.45, 2.75) is 96.0 Å². The van der Waals surface area contributed by atoms with Gasteiger partial charge in [-0.25, -0.2) is 9.97 Å². The smallest absolute Gasteiger partial charge is 0.316 e. The Kier molecular flexibility index (Phi) is 7.12. The van der Waals surface area contributed by atoms with E-state index >= 15 is 0 Å². The van der Waals surface area contributed by atoms with Gasteiger partial charge in [-0.1, -0.05) is 38.1 Å². The number of aliphatic hydroxyl groups is 1. The summed E-state index contributed by atoms with van der Waals surface area (Å²) in [6.45, 7) is 9.41. The minimum absolute atomic E-state index is 0.0465. The molecule has 3 aromatic rings. The third-order valence-electron chi connectivity index (χ3n) is 9.57. The molecule has 1 amide bonds. The van der Waals surface area contributed by atoms with Crippen molar-refractivity contribution in [3.8, 4) is 17.1 Å². The van der Waals surface area contributed by atoms with E-state index in [9.17, 15) is 9.90 Å². The third kappa shape index (κ3) is 5.36. The second-order valence-corrected chi connectivity index (χ2v) is 13.4. The third-order valence-corrected chi connectivity index (χ3v) is 9.57. The molecule has 1 N–H and O–H groups in total. The zero-order valence-corrected chi connectivity index (χ0v) is 24.6. The van der Waals surface area contributed by atoms with Crippen LogP contribution in [0.4, 0.5) is 5.69 Å². The number of hydrogen-bond acceptors (Lipinski definition) is 8. The summed E-state index contributed by atoms with van der Waals surface area (Å²) in [4.78, 5) is 29.4. The monoisotopic (exact) mass is 559 g/mol. The lowest BCUT2D eigenvalue weighted by atomic mass is 9.53. The molecule has 9 nitrogen and oxygen atoms in total. The molecule has 218 valence electrons. The predicted molar refractivity (Wildman–Crippen MR) is 155 cm³/mol. The number of carbonyl (C=O) groups excluding carboxylic acids is 1. The summed E-state index contributed by atoms with van der Waals surface area (Å²) in [6, 6.07) is 8.44. The molecule has 4 fully saturated rings. The summed E-state index contributed by atoms with van der Waals surface area (Å²) >= 11 is 0. The molecule has 0 unspecified atom stereocenters. The lowest BCUT2D eigenvalue weighted by Gasteiger charge is -2.53. The quantitative estimate of drug-likeness (QED) is 0.378. The van der Waals surface area contributed by atoms with Crippen molar-refractivity contribution in [2.24, 2.45) is 11.3 Å². The van der Waals surface area contributed by atoms with Gasteiger partial charge >= 0.3 is 6.01 Å². The Balaban J connectivity index is 1.24. The van der Waals surface area contributed by atoms with Gasteiger partial charge in [0.2, 0.25) is 11.8 Å². The molecule has 0 radical (unpaired) electrons. The molecule has 2 aromatic heterocycles. The van der Waals surface area contributed by atoms with E-state index in [1.54, 1.807) is 12.4 Å². The molecule has 2 bridgehead atoms. The van der Waals surface area contributed by atoms with Crippen LogP contribution < -0.4 is 9.64 Å². The Bertz CT molecular complexity index is 1370. The number of ether oxygens (including phenoxy) is 1. The van der Waals surface area contributed by atoms with E-state index in [-0.39, 0.29) is 34.2 Å². The molecule has 4 saturated carbocycles. The molecule has 4 aliphatic rings. The summed E-state index contributed by atoms with van der Waals surface area (Å²) in [6.07, 6.45) is 10.2. The van der Waals surface area contributed by atoms with Gasteiger partial charge < -0.3 is 19.3 Å². The van der Waals surface area contributed by atoms with E-state index in [2.05, 4.69) is 42.0 Å². The van der Waals surface area contributed by atoms with Crippen LogP contribution in [-0.2, 0) is 15.6 Å². The number of aromatic nitrogens is 4. The Labute approximate surface area is 241 Å². The number of benzene rings is 1.